The number of alkyl halides is 2. The zero-order chi connectivity index (χ0) is 9.30. The Morgan fingerprint density at radius 3 is 2.67 bits per heavy atom. The molecular formula is C7H6F2INO. The average molecular weight is 285 g/mol. The summed E-state index contributed by atoms with van der Waals surface area (Å²) >= 11 is 1.80. The molecule has 0 radical (unpaired) electrons. The lowest BCUT2D eigenvalue weighted by molar-refractivity contribution is 0.141. The molecule has 12 heavy (non-hydrogen) atoms. The first kappa shape index (κ1) is 9.63. The fraction of sp³-hybridized carbons (Fsp3) is 0.286. The van der Waals surface area contributed by atoms with Crippen molar-refractivity contribution in [2.75, 3.05) is 0 Å². The quantitative estimate of drug-likeness (QED) is 0.805. The van der Waals surface area contributed by atoms with E-state index in [1.54, 1.807) is 29.5 Å². The van der Waals surface area contributed by atoms with Gasteiger partial charge in [-0.3, -0.25) is 4.98 Å². The summed E-state index contributed by atoms with van der Waals surface area (Å²) < 4.78 is 24.7. The topological polar surface area (TPSA) is 33.1 Å². The van der Waals surface area contributed by atoms with E-state index in [-0.39, 0.29) is 0 Å². The van der Waals surface area contributed by atoms with E-state index < -0.39 is 17.9 Å². The van der Waals surface area contributed by atoms with Gasteiger partial charge in [-0.1, -0.05) is 0 Å². The molecule has 0 fully saturated rings. The SMILES string of the molecule is Cc1cnc(C(F)F)c(O)c1I. The third-order valence-electron chi connectivity index (χ3n) is 1.40. The van der Waals surface area contributed by atoms with Crippen LogP contribution >= 0.6 is 22.6 Å². The second-order valence-electron chi connectivity index (χ2n) is 2.29. The van der Waals surface area contributed by atoms with Crippen molar-refractivity contribution in [1.29, 1.82) is 0 Å². The molecule has 1 rings (SSSR count). The summed E-state index contributed by atoms with van der Waals surface area (Å²) in [5.74, 6) is -0.411. The van der Waals surface area contributed by atoms with Crippen molar-refractivity contribution in [3.05, 3.63) is 21.0 Å². The van der Waals surface area contributed by atoms with Gasteiger partial charge in [0.2, 0.25) is 0 Å². The van der Waals surface area contributed by atoms with Crippen molar-refractivity contribution < 1.29 is 13.9 Å². The Morgan fingerprint density at radius 2 is 2.17 bits per heavy atom. The van der Waals surface area contributed by atoms with Crippen molar-refractivity contribution >= 4 is 22.6 Å². The fourth-order valence-electron chi connectivity index (χ4n) is 0.743. The van der Waals surface area contributed by atoms with Crippen molar-refractivity contribution in [1.82, 2.24) is 4.98 Å². The Bertz CT molecular complexity index is 304. The highest BCUT2D eigenvalue weighted by Crippen LogP contribution is 2.31. The van der Waals surface area contributed by atoms with Crippen LogP contribution in [0, 0.1) is 10.5 Å². The average Bonchev–Trinajstić information content (AvgIpc) is 2.00. The molecular weight excluding hydrogens is 279 g/mol. The van der Waals surface area contributed by atoms with Gasteiger partial charge in [0.15, 0.2) is 5.75 Å². The maximum atomic E-state index is 12.1. The largest absolute Gasteiger partial charge is 0.505 e. The van der Waals surface area contributed by atoms with Crippen LogP contribution in [0.1, 0.15) is 17.7 Å². The predicted molar refractivity (Wildman–Crippen MR) is 48.3 cm³/mol. The standard InChI is InChI=1S/C7H6F2INO/c1-3-2-11-5(7(8)9)6(12)4(3)10/h2,7,12H,1H3. The molecule has 1 heterocycles. The first-order valence-corrected chi connectivity index (χ1v) is 4.24. The molecule has 2 nitrogen and oxygen atoms in total. The van der Waals surface area contributed by atoms with E-state index in [1.165, 1.54) is 6.20 Å². The van der Waals surface area contributed by atoms with Crippen LogP contribution < -0.4 is 0 Å². The van der Waals surface area contributed by atoms with Crippen LogP contribution in [0.5, 0.6) is 5.75 Å². The molecule has 0 saturated heterocycles. The van der Waals surface area contributed by atoms with Crippen LogP contribution in [-0.2, 0) is 0 Å². The summed E-state index contributed by atoms with van der Waals surface area (Å²) in [6.07, 6.45) is -1.40. The molecule has 66 valence electrons. The van der Waals surface area contributed by atoms with Gasteiger partial charge in [-0.25, -0.2) is 8.78 Å². The minimum atomic E-state index is -2.72. The second-order valence-corrected chi connectivity index (χ2v) is 3.37. The first-order chi connectivity index (χ1) is 5.54. The Morgan fingerprint density at radius 1 is 1.58 bits per heavy atom. The van der Waals surface area contributed by atoms with Gasteiger partial charge < -0.3 is 5.11 Å². The third kappa shape index (κ3) is 1.65. The van der Waals surface area contributed by atoms with E-state index in [4.69, 9.17) is 0 Å². The Labute approximate surface area is 81.8 Å². The molecule has 0 aliphatic rings. The molecule has 1 aromatic heterocycles. The summed E-state index contributed by atoms with van der Waals surface area (Å²) in [5.41, 5.74) is 0.141. The molecule has 0 saturated carbocycles. The number of hydrogen-bond donors (Lipinski definition) is 1. The molecule has 1 N–H and O–H groups in total. The number of aryl methyl sites for hydroxylation is 1. The smallest absolute Gasteiger partial charge is 0.284 e. The minimum absolute atomic E-state index is 0.411. The highest BCUT2D eigenvalue weighted by Gasteiger charge is 2.17. The van der Waals surface area contributed by atoms with Crippen molar-refractivity contribution in [3.63, 3.8) is 0 Å². The Hall–Kier alpha value is -0.460. The van der Waals surface area contributed by atoms with Crippen LogP contribution in [0.25, 0.3) is 0 Å². The second kappa shape index (κ2) is 3.51. The van der Waals surface area contributed by atoms with Gasteiger partial charge in [-0.05, 0) is 35.1 Å². The van der Waals surface area contributed by atoms with Gasteiger partial charge in [0.1, 0.15) is 5.69 Å². The summed E-state index contributed by atoms with van der Waals surface area (Å²) in [6, 6.07) is 0. The van der Waals surface area contributed by atoms with E-state index in [2.05, 4.69) is 4.98 Å². The van der Waals surface area contributed by atoms with Crippen LogP contribution in [-0.4, -0.2) is 10.1 Å². The van der Waals surface area contributed by atoms with Gasteiger partial charge in [0, 0.05) is 6.20 Å². The highest BCUT2D eigenvalue weighted by molar-refractivity contribution is 14.1. The van der Waals surface area contributed by atoms with Crippen LogP contribution in [0.2, 0.25) is 0 Å². The van der Waals surface area contributed by atoms with E-state index >= 15 is 0 Å². The molecule has 0 aromatic carbocycles. The molecule has 1 aromatic rings. The van der Waals surface area contributed by atoms with Crippen molar-refractivity contribution in [2.24, 2.45) is 0 Å². The molecule has 0 amide bonds. The molecule has 0 aliphatic carbocycles. The maximum Gasteiger partial charge on any atom is 0.284 e. The number of hydrogen-bond acceptors (Lipinski definition) is 2. The highest BCUT2D eigenvalue weighted by atomic mass is 127. The molecule has 0 atom stereocenters. The number of pyridine rings is 1. The van der Waals surface area contributed by atoms with E-state index in [0.717, 1.165) is 0 Å². The zero-order valence-corrected chi connectivity index (χ0v) is 8.34. The normalized spacial score (nSPS) is 10.8. The van der Waals surface area contributed by atoms with Gasteiger partial charge in [0.05, 0.1) is 3.57 Å². The molecule has 0 unspecified atom stereocenters. The van der Waals surface area contributed by atoms with Crippen molar-refractivity contribution in [2.45, 2.75) is 13.3 Å². The predicted octanol–water partition coefficient (Wildman–Crippen LogP) is 2.64. The Balaban J connectivity index is 3.27. The number of rotatable bonds is 1. The summed E-state index contributed by atoms with van der Waals surface area (Å²) in [4.78, 5) is 3.43. The Kier molecular flexibility index (Phi) is 2.81. The third-order valence-corrected chi connectivity index (χ3v) is 2.76. The maximum absolute atomic E-state index is 12.1. The van der Waals surface area contributed by atoms with E-state index in [0.29, 0.717) is 9.13 Å². The van der Waals surface area contributed by atoms with Gasteiger partial charge in [-0.15, -0.1) is 0 Å². The van der Waals surface area contributed by atoms with Crippen LogP contribution in [0.15, 0.2) is 6.20 Å². The summed E-state index contributed by atoms with van der Waals surface area (Å²) in [6.45, 7) is 1.70. The number of aromatic nitrogens is 1. The minimum Gasteiger partial charge on any atom is -0.505 e. The van der Waals surface area contributed by atoms with E-state index in [1.807, 2.05) is 0 Å². The summed E-state index contributed by atoms with van der Waals surface area (Å²) in [5, 5.41) is 9.20. The number of aromatic hydroxyl groups is 1. The van der Waals surface area contributed by atoms with Crippen LogP contribution in [0.3, 0.4) is 0 Å². The number of halogens is 3. The fourth-order valence-corrected chi connectivity index (χ4v) is 1.16. The lowest BCUT2D eigenvalue weighted by atomic mass is 10.2. The van der Waals surface area contributed by atoms with Gasteiger partial charge in [-0.2, -0.15) is 0 Å². The number of nitrogens with zero attached hydrogens (tertiary/aromatic N) is 1. The zero-order valence-electron chi connectivity index (χ0n) is 6.18. The first-order valence-electron chi connectivity index (χ1n) is 3.16. The molecule has 0 bridgehead atoms. The van der Waals surface area contributed by atoms with Crippen LogP contribution in [0.4, 0.5) is 8.78 Å². The lowest BCUT2D eigenvalue weighted by Gasteiger charge is -2.05. The van der Waals surface area contributed by atoms with Crippen molar-refractivity contribution in [3.8, 4) is 5.75 Å². The molecule has 0 aliphatic heterocycles. The van der Waals surface area contributed by atoms with E-state index in [9.17, 15) is 13.9 Å². The lowest BCUT2D eigenvalue weighted by Crippen LogP contribution is -1.94. The molecule has 0 spiro atoms. The van der Waals surface area contributed by atoms with Gasteiger partial charge >= 0.3 is 0 Å². The monoisotopic (exact) mass is 285 g/mol. The summed E-state index contributed by atoms with van der Waals surface area (Å²) in [7, 11) is 0. The van der Waals surface area contributed by atoms with Gasteiger partial charge in [0.25, 0.3) is 6.43 Å². The molecule has 5 heteroatoms.